The fourth-order valence-corrected chi connectivity index (χ4v) is 3.54. The Labute approximate surface area is 182 Å². The van der Waals surface area contributed by atoms with E-state index in [9.17, 15) is 9.59 Å². The molecule has 0 saturated heterocycles. The number of halogens is 1. The maximum absolute atomic E-state index is 13.3. The van der Waals surface area contributed by atoms with Crippen LogP contribution in [0.25, 0.3) is 0 Å². The second kappa shape index (κ2) is 10.6. The molecule has 0 fully saturated rings. The van der Waals surface area contributed by atoms with Crippen molar-refractivity contribution in [3.05, 3.63) is 107 Å². The third kappa shape index (κ3) is 5.49. The molecule has 3 aromatic rings. The van der Waals surface area contributed by atoms with E-state index in [0.29, 0.717) is 24.5 Å². The number of amides is 2. The van der Waals surface area contributed by atoms with E-state index in [1.54, 1.807) is 11.0 Å². The number of hydrogen-bond acceptors (Lipinski definition) is 2. The van der Waals surface area contributed by atoms with Crippen LogP contribution in [0.5, 0.6) is 0 Å². The quantitative estimate of drug-likeness (QED) is 0.548. The topological polar surface area (TPSA) is 49.4 Å². The Morgan fingerprint density at radius 1 is 0.900 bits per heavy atom. The molecule has 0 radical (unpaired) electrons. The van der Waals surface area contributed by atoms with Gasteiger partial charge in [0.15, 0.2) is 0 Å². The van der Waals surface area contributed by atoms with Crippen molar-refractivity contribution in [3.63, 3.8) is 0 Å². The Kier molecular flexibility index (Phi) is 7.63. The summed E-state index contributed by atoms with van der Waals surface area (Å²) < 4.78 is 0. The fourth-order valence-electron chi connectivity index (χ4n) is 3.34. The van der Waals surface area contributed by atoms with Crippen LogP contribution in [-0.4, -0.2) is 16.7 Å². The van der Waals surface area contributed by atoms with Gasteiger partial charge in [0.05, 0.1) is 0 Å². The van der Waals surface area contributed by atoms with Crippen molar-refractivity contribution in [1.82, 2.24) is 10.2 Å². The number of benzene rings is 3. The monoisotopic (exact) mass is 420 g/mol. The lowest BCUT2D eigenvalue weighted by molar-refractivity contribution is -0.141. The molecule has 3 rings (SSSR count). The number of rotatable bonds is 8. The fraction of sp³-hybridized carbons (Fsp3) is 0.200. The van der Waals surface area contributed by atoms with E-state index in [-0.39, 0.29) is 11.8 Å². The van der Waals surface area contributed by atoms with Gasteiger partial charge in [0, 0.05) is 24.5 Å². The van der Waals surface area contributed by atoms with E-state index in [2.05, 4.69) is 5.32 Å². The summed E-state index contributed by atoms with van der Waals surface area (Å²) in [7, 11) is 0. The molecule has 0 aromatic heterocycles. The van der Waals surface area contributed by atoms with Crippen LogP contribution in [0.2, 0.25) is 5.02 Å². The highest BCUT2D eigenvalue weighted by Gasteiger charge is 2.30. The first-order chi connectivity index (χ1) is 14.6. The molecule has 1 N–H and O–H groups in total. The predicted molar refractivity (Wildman–Crippen MR) is 120 cm³/mol. The van der Waals surface area contributed by atoms with Crippen LogP contribution in [0.4, 0.5) is 0 Å². The van der Waals surface area contributed by atoms with Crippen molar-refractivity contribution >= 4 is 23.4 Å². The first-order valence-corrected chi connectivity index (χ1v) is 10.4. The smallest absolute Gasteiger partial charge is 0.247 e. The lowest BCUT2D eigenvalue weighted by Crippen LogP contribution is -2.43. The highest BCUT2D eigenvalue weighted by molar-refractivity contribution is 6.31. The Morgan fingerprint density at radius 2 is 1.50 bits per heavy atom. The van der Waals surface area contributed by atoms with Crippen LogP contribution >= 0.6 is 11.6 Å². The lowest BCUT2D eigenvalue weighted by atomic mass is 10.0. The zero-order chi connectivity index (χ0) is 21.3. The summed E-state index contributed by atoms with van der Waals surface area (Å²) in [6.07, 6.45) is 0.313. The molecule has 0 aliphatic heterocycles. The molecule has 0 aliphatic carbocycles. The number of nitrogens with zero attached hydrogens (tertiary/aromatic N) is 1. The normalized spacial score (nSPS) is 11.5. The Bertz CT molecular complexity index is 977. The SMILES string of the molecule is CCC(=O)N(Cc1ccccc1)C(C(=O)NCc1ccccc1Cl)c1ccccc1. The molecule has 1 atom stereocenters. The van der Waals surface area contributed by atoms with E-state index < -0.39 is 6.04 Å². The van der Waals surface area contributed by atoms with Gasteiger partial charge in [0.1, 0.15) is 6.04 Å². The number of carbonyl (C=O) groups excluding carboxylic acids is 2. The summed E-state index contributed by atoms with van der Waals surface area (Å²) in [5.41, 5.74) is 2.57. The van der Waals surface area contributed by atoms with Crippen molar-refractivity contribution < 1.29 is 9.59 Å². The third-order valence-corrected chi connectivity index (χ3v) is 5.27. The van der Waals surface area contributed by atoms with Crippen molar-refractivity contribution in [2.45, 2.75) is 32.5 Å². The predicted octanol–water partition coefficient (Wildman–Crippen LogP) is 5.14. The molecule has 1 unspecified atom stereocenters. The highest BCUT2D eigenvalue weighted by atomic mass is 35.5. The summed E-state index contributed by atoms with van der Waals surface area (Å²) >= 11 is 6.23. The second-order valence-electron chi connectivity index (χ2n) is 6.98. The molecule has 0 saturated carbocycles. The molecule has 0 spiro atoms. The first kappa shape index (κ1) is 21.6. The van der Waals surface area contributed by atoms with E-state index in [1.165, 1.54) is 0 Å². The Morgan fingerprint density at radius 3 is 2.13 bits per heavy atom. The maximum Gasteiger partial charge on any atom is 0.247 e. The number of hydrogen-bond donors (Lipinski definition) is 1. The summed E-state index contributed by atoms with van der Waals surface area (Å²) in [4.78, 5) is 27.9. The Balaban J connectivity index is 1.90. The molecule has 3 aromatic carbocycles. The van der Waals surface area contributed by atoms with Gasteiger partial charge >= 0.3 is 0 Å². The van der Waals surface area contributed by atoms with Crippen LogP contribution < -0.4 is 5.32 Å². The van der Waals surface area contributed by atoms with Gasteiger partial charge < -0.3 is 10.2 Å². The molecule has 0 bridgehead atoms. The van der Waals surface area contributed by atoms with Gasteiger partial charge in [-0.05, 0) is 22.8 Å². The van der Waals surface area contributed by atoms with Gasteiger partial charge in [0.2, 0.25) is 11.8 Å². The van der Waals surface area contributed by atoms with Gasteiger partial charge in [-0.15, -0.1) is 0 Å². The zero-order valence-corrected chi connectivity index (χ0v) is 17.7. The molecular weight excluding hydrogens is 396 g/mol. The number of carbonyl (C=O) groups is 2. The summed E-state index contributed by atoms with van der Waals surface area (Å²) in [6, 6.07) is 25.8. The van der Waals surface area contributed by atoms with Crippen molar-refractivity contribution in [2.24, 2.45) is 0 Å². The number of nitrogens with one attached hydrogen (secondary N) is 1. The van der Waals surface area contributed by atoms with Crippen molar-refractivity contribution in [1.29, 1.82) is 0 Å². The summed E-state index contributed by atoms with van der Waals surface area (Å²) in [5.74, 6) is -0.320. The molecular formula is C25H25ClN2O2. The Hall–Kier alpha value is -3.11. The summed E-state index contributed by atoms with van der Waals surface area (Å²) in [6.45, 7) is 2.46. The minimum Gasteiger partial charge on any atom is -0.350 e. The molecule has 0 aliphatic rings. The van der Waals surface area contributed by atoms with Crippen LogP contribution in [0.1, 0.15) is 36.1 Å². The zero-order valence-electron chi connectivity index (χ0n) is 16.9. The lowest BCUT2D eigenvalue weighted by Gasteiger charge is -2.31. The molecule has 0 heterocycles. The average molecular weight is 421 g/mol. The third-order valence-electron chi connectivity index (χ3n) is 4.90. The molecule has 154 valence electrons. The van der Waals surface area contributed by atoms with Crippen LogP contribution in [0.15, 0.2) is 84.9 Å². The minimum atomic E-state index is -0.735. The van der Waals surface area contributed by atoms with E-state index in [4.69, 9.17) is 11.6 Å². The maximum atomic E-state index is 13.3. The highest BCUT2D eigenvalue weighted by Crippen LogP contribution is 2.25. The van der Waals surface area contributed by atoms with Gasteiger partial charge in [-0.25, -0.2) is 0 Å². The largest absolute Gasteiger partial charge is 0.350 e. The molecule has 30 heavy (non-hydrogen) atoms. The van der Waals surface area contributed by atoms with Gasteiger partial charge in [-0.1, -0.05) is 97.4 Å². The van der Waals surface area contributed by atoms with Crippen molar-refractivity contribution in [2.75, 3.05) is 0 Å². The summed E-state index contributed by atoms with van der Waals surface area (Å²) in [5, 5.41) is 3.56. The molecule has 2 amide bonds. The second-order valence-corrected chi connectivity index (χ2v) is 7.39. The first-order valence-electron chi connectivity index (χ1n) is 9.99. The van der Waals surface area contributed by atoms with Crippen LogP contribution in [0, 0.1) is 0 Å². The van der Waals surface area contributed by atoms with Crippen LogP contribution in [-0.2, 0) is 22.7 Å². The minimum absolute atomic E-state index is 0.0828. The van der Waals surface area contributed by atoms with E-state index in [1.807, 2.05) is 85.8 Å². The van der Waals surface area contributed by atoms with Crippen LogP contribution in [0.3, 0.4) is 0 Å². The standard InChI is InChI=1S/C25H25ClN2O2/c1-2-23(29)28(18-19-11-5-3-6-12-19)24(20-13-7-4-8-14-20)25(30)27-17-21-15-9-10-16-22(21)26/h3-16,24H,2,17-18H2,1H3,(H,27,30). The van der Waals surface area contributed by atoms with Gasteiger partial charge in [0.25, 0.3) is 0 Å². The van der Waals surface area contributed by atoms with Crippen molar-refractivity contribution in [3.8, 4) is 0 Å². The van der Waals surface area contributed by atoms with E-state index in [0.717, 1.165) is 16.7 Å². The molecule has 4 nitrogen and oxygen atoms in total. The van der Waals surface area contributed by atoms with E-state index >= 15 is 0 Å². The van der Waals surface area contributed by atoms with Gasteiger partial charge in [-0.2, -0.15) is 0 Å². The van der Waals surface area contributed by atoms with Gasteiger partial charge in [-0.3, -0.25) is 9.59 Å². The average Bonchev–Trinajstić information content (AvgIpc) is 2.79. The molecule has 5 heteroatoms.